The topological polar surface area (TPSA) is 55.8 Å². The number of hydrogen-bond acceptors (Lipinski definition) is 5. The molecule has 5 nitrogen and oxygen atoms in total. The molecular formula is C21H28FNO4S2. The fraction of sp³-hybridized carbons (Fsp3) is 0.429. The molecule has 1 unspecified atom stereocenters. The van der Waals surface area contributed by atoms with Crippen molar-refractivity contribution in [2.24, 2.45) is 0 Å². The average Bonchev–Trinajstić information content (AvgIpc) is 3.19. The van der Waals surface area contributed by atoms with Gasteiger partial charge in [-0.1, -0.05) is 12.1 Å². The lowest BCUT2D eigenvalue weighted by molar-refractivity contribution is 0.107. The summed E-state index contributed by atoms with van der Waals surface area (Å²) in [6.07, 6.45) is 6.64. The van der Waals surface area contributed by atoms with Gasteiger partial charge < -0.3 is 14.4 Å². The summed E-state index contributed by atoms with van der Waals surface area (Å²) in [7, 11) is 0.940. The van der Waals surface area contributed by atoms with Crippen molar-refractivity contribution in [2.45, 2.75) is 12.5 Å². The third-order valence-electron chi connectivity index (χ3n) is 4.20. The molecule has 2 rings (SSSR count). The summed E-state index contributed by atoms with van der Waals surface area (Å²) in [5.41, 5.74) is 0.156. The van der Waals surface area contributed by atoms with E-state index in [1.165, 1.54) is 34.4 Å². The van der Waals surface area contributed by atoms with Gasteiger partial charge in [0.05, 0.1) is 5.56 Å². The van der Waals surface area contributed by atoms with Gasteiger partial charge in [0.15, 0.2) is 17.9 Å². The van der Waals surface area contributed by atoms with Crippen LogP contribution in [-0.4, -0.2) is 62.0 Å². The van der Waals surface area contributed by atoms with Crippen LogP contribution in [-0.2, 0) is 4.74 Å². The first-order valence-corrected chi connectivity index (χ1v) is 13.1. The van der Waals surface area contributed by atoms with E-state index in [0.717, 1.165) is 10.6 Å². The second-order valence-corrected chi connectivity index (χ2v) is 13.1. The highest BCUT2D eigenvalue weighted by Crippen LogP contribution is 2.34. The number of carbonyl (C=O) groups is 2. The van der Waals surface area contributed by atoms with Gasteiger partial charge in [-0.25, -0.2) is 19.2 Å². The Balaban J connectivity index is 2.02. The Labute approximate surface area is 177 Å². The maximum Gasteiger partial charge on any atom is 0.409 e. The van der Waals surface area contributed by atoms with E-state index < -0.39 is 28.0 Å². The molecule has 160 valence electrons. The third-order valence-corrected chi connectivity index (χ3v) is 6.56. The van der Waals surface area contributed by atoms with Crippen LogP contribution in [0, 0.1) is 5.82 Å². The molecular weight excluding hydrogens is 413 g/mol. The van der Waals surface area contributed by atoms with Crippen LogP contribution in [0.25, 0.3) is 0 Å². The molecule has 0 aliphatic carbocycles. The highest BCUT2D eigenvalue weighted by Gasteiger charge is 2.21. The minimum absolute atomic E-state index is 0.0701. The van der Waals surface area contributed by atoms with E-state index in [-0.39, 0.29) is 11.3 Å². The molecule has 1 amide bonds. The van der Waals surface area contributed by atoms with Crippen molar-refractivity contribution in [3.05, 3.63) is 52.0 Å². The van der Waals surface area contributed by atoms with Gasteiger partial charge in [-0.05, 0) is 42.3 Å². The van der Waals surface area contributed by atoms with Crippen LogP contribution in [0.4, 0.5) is 9.18 Å². The Morgan fingerprint density at radius 3 is 2.66 bits per heavy atom. The Bertz CT molecular complexity index is 806. The van der Waals surface area contributed by atoms with Crippen molar-refractivity contribution in [3.8, 4) is 5.75 Å². The number of rotatable bonds is 10. The van der Waals surface area contributed by atoms with Gasteiger partial charge in [0.2, 0.25) is 0 Å². The highest BCUT2D eigenvalue weighted by atomic mass is 32.3. The SMILES string of the molecule is CN(CCC(Oc1c(F)cccc1C=O)c1cccs1)C(=O)OCCS(C)(C)C. The molecule has 1 heterocycles. The third kappa shape index (κ3) is 7.36. The number of nitrogens with zero attached hydrogens (tertiary/aromatic N) is 1. The van der Waals surface area contributed by atoms with Crippen LogP contribution >= 0.6 is 21.4 Å². The summed E-state index contributed by atoms with van der Waals surface area (Å²) in [6.45, 7) is 0.763. The van der Waals surface area contributed by atoms with E-state index in [1.54, 1.807) is 7.05 Å². The van der Waals surface area contributed by atoms with E-state index >= 15 is 0 Å². The summed E-state index contributed by atoms with van der Waals surface area (Å²) in [4.78, 5) is 25.9. The first-order valence-electron chi connectivity index (χ1n) is 9.19. The number of benzene rings is 1. The maximum absolute atomic E-state index is 14.2. The predicted octanol–water partition coefficient (Wildman–Crippen LogP) is 4.97. The van der Waals surface area contributed by atoms with E-state index in [4.69, 9.17) is 9.47 Å². The van der Waals surface area contributed by atoms with Crippen LogP contribution in [0.5, 0.6) is 5.75 Å². The van der Waals surface area contributed by atoms with Crippen molar-refractivity contribution in [3.63, 3.8) is 0 Å². The zero-order valence-electron chi connectivity index (χ0n) is 17.2. The minimum atomic E-state index is -0.725. The maximum atomic E-state index is 14.2. The molecule has 0 aliphatic heterocycles. The van der Waals surface area contributed by atoms with Crippen molar-refractivity contribution in [2.75, 3.05) is 44.7 Å². The molecule has 0 saturated heterocycles. The molecule has 1 aromatic heterocycles. The van der Waals surface area contributed by atoms with Crippen LogP contribution in [0.15, 0.2) is 35.7 Å². The quantitative estimate of drug-likeness (QED) is 0.489. The molecule has 8 heteroatoms. The van der Waals surface area contributed by atoms with Gasteiger partial charge >= 0.3 is 6.09 Å². The Kier molecular flexibility index (Phi) is 8.52. The Morgan fingerprint density at radius 1 is 1.28 bits per heavy atom. The van der Waals surface area contributed by atoms with Crippen molar-refractivity contribution < 1.29 is 23.5 Å². The van der Waals surface area contributed by atoms with E-state index in [9.17, 15) is 14.0 Å². The van der Waals surface area contributed by atoms with Crippen LogP contribution in [0.2, 0.25) is 0 Å². The summed E-state index contributed by atoms with van der Waals surface area (Å²) in [6, 6.07) is 8.01. The standard InChI is InChI=1S/C21H28FNO4S2/c1-23(21(25)26-12-14-29(2,3)4)11-10-18(19-9-6-13-28-19)27-20-16(15-24)7-5-8-17(20)22/h5-9,13,15,18H,10-12,14H2,1-4H3. The van der Waals surface area contributed by atoms with Gasteiger partial charge in [-0.2, -0.15) is 0 Å². The summed E-state index contributed by atoms with van der Waals surface area (Å²) in [5.74, 6) is 0.197. The van der Waals surface area contributed by atoms with Crippen molar-refractivity contribution in [1.82, 2.24) is 4.90 Å². The van der Waals surface area contributed by atoms with E-state index in [2.05, 4.69) is 18.8 Å². The molecule has 0 aliphatic rings. The smallest absolute Gasteiger partial charge is 0.409 e. The predicted molar refractivity (Wildman–Crippen MR) is 118 cm³/mol. The number of amides is 1. The van der Waals surface area contributed by atoms with Crippen LogP contribution in [0.1, 0.15) is 27.8 Å². The first kappa shape index (κ1) is 23.2. The lowest BCUT2D eigenvalue weighted by atomic mass is 10.1. The number of thiophene rings is 1. The molecule has 0 saturated carbocycles. The van der Waals surface area contributed by atoms with Crippen LogP contribution in [0.3, 0.4) is 0 Å². The normalized spacial score (nSPS) is 12.9. The van der Waals surface area contributed by atoms with Gasteiger partial charge in [0.1, 0.15) is 12.7 Å². The zero-order valence-corrected chi connectivity index (χ0v) is 18.9. The largest absolute Gasteiger partial charge is 0.481 e. The van der Waals surface area contributed by atoms with Crippen molar-refractivity contribution in [1.29, 1.82) is 0 Å². The number of ether oxygens (including phenoxy) is 2. The highest BCUT2D eigenvalue weighted by molar-refractivity contribution is 8.32. The minimum Gasteiger partial charge on any atom is -0.481 e. The van der Waals surface area contributed by atoms with Gasteiger partial charge in [-0.3, -0.25) is 4.79 Å². The lowest BCUT2D eigenvalue weighted by Crippen LogP contribution is -2.31. The molecule has 1 atom stereocenters. The van der Waals surface area contributed by atoms with Gasteiger partial charge in [0.25, 0.3) is 0 Å². The van der Waals surface area contributed by atoms with E-state index in [0.29, 0.717) is 25.9 Å². The summed E-state index contributed by atoms with van der Waals surface area (Å²) >= 11 is 1.48. The summed E-state index contributed by atoms with van der Waals surface area (Å²) < 4.78 is 25.5. The monoisotopic (exact) mass is 441 g/mol. The molecule has 2 aromatic rings. The lowest BCUT2D eigenvalue weighted by Gasteiger charge is -2.26. The first-order chi connectivity index (χ1) is 13.7. The molecule has 0 N–H and O–H groups in total. The fourth-order valence-corrected chi connectivity index (χ4v) is 3.88. The molecule has 0 fully saturated rings. The zero-order chi connectivity index (χ0) is 21.4. The number of hydrogen-bond donors (Lipinski definition) is 0. The van der Waals surface area contributed by atoms with Gasteiger partial charge in [-0.15, -0.1) is 11.3 Å². The van der Waals surface area contributed by atoms with E-state index in [1.807, 2.05) is 17.5 Å². The molecule has 1 aromatic carbocycles. The number of para-hydroxylation sites is 1. The molecule has 29 heavy (non-hydrogen) atoms. The molecule has 0 radical (unpaired) electrons. The van der Waals surface area contributed by atoms with Crippen molar-refractivity contribution >= 4 is 33.7 Å². The fourth-order valence-electron chi connectivity index (χ4n) is 2.51. The van der Waals surface area contributed by atoms with Gasteiger partial charge in [0, 0.05) is 30.6 Å². The number of aldehydes is 1. The summed E-state index contributed by atoms with van der Waals surface area (Å²) in [5, 5.41) is 1.90. The average molecular weight is 442 g/mol. The second kappa shape index (κ2) is 10.6. The number of halogens is 1. The number of carbonyl (C=O) groups excluding carboxylic acids is 2. The van der Waals surface area contributed by atoms with Crippen LogP contribution < -0.4 is 4.74 Å². The second-order valence-electron chi connectivity index (χ2n) is 7.52. The Morgan fingerprint density at radius 2 is 2.03 bits per heavy atom. The molecule has 0 bridgehead atoms. The Hall–Kier alpha value is -2.06. The molecule has 0 spiro atoms.